The molecular weight excluding hydrogens is 976 g/mol. The van der Waals surface area contributed by atoms with E-state index in [1.54, 1.807) is 6.92 Å². The molecule has 0 radical (unpaired) electrons. The van der Waals surface area contributed by atoms with Crippen molar-refractivity contribution in [3.63, 3.8) is 0 Å². The highest BCUT2D eigenvalue weighted by Crippen LogP contribution is 2.44. The van der Waals surface area contributed by atoms with Gasteiger partial charge in [-0.2, -0.15) is 18.4 Å². The molecule has 6 aromatic heterocycles. The highest BCUT2D eigenvalue weighted by Gasteiger charge is 2.31. The van der Waals surface area contributed by atoms with Gasteiger partial charge in [-0.1, -0.05) is 54.6 Å². The predicted octanol–water partition coefficient (Wildman–Crippen LogP) is 12.6. The van der Waals surface area contributed by atoms with E-state index in [1.807, 2.05) is 149 Å². The molecule has 0 saturated carbocycles. The highest BCUT2D eigenvalue weighted by atomic mass is 19.4. The lowest BCUT2D eigenvalue weighted by Crippen LogP contribution is -2.07. The molecule has 0 bridgehead atoms. The van der Waals surface area contributed by atoms with Crippen LogP contribution in [0.5, 0.6) is 0 Å². The monoisotopic (exact) mass is 1020 g/mol. The van der Waals surface area contributed by atoms with Crippen molar-refractivity contribution < 1.29 is 13.2 Å². The van der Waals surface area contributed by atoms with Crippen LogP contribution < -0.4 is 0 Å². The van der Waals surface area contributed by atoms with Crippen molar-refractivity contribution in [2.24, 2.45) is 0 Å². The van der Waals surface area contributed by atoms with Crippen molar-refractivity contribution in [3.8, 4) is 74.1 Å². The van der Waals surface area contributed by atoms with Gasteiger partial charge in [-0.15, -0.1) is 0 Å². The minimum atomic E-state index is -4.59. The average molecular weight is 1020 g/mol. The lowest BCUT2D eigenvalue weighted by atomic mass is 9.95. The number of aromatic nitrogens is 14. The van der Waals surface area contributed by atoms with Crippen LogP contribution in [0.15, 0.2) is 103 Å². The fourth-order valence-electron chi connectivity index (χ4n) is 10.5. The van der Waals surface area contributed by atoms with E-state index < -0.39 is 11.7 Å². The van der Waals surface area contributed by atoms with Crippen LogP contribution in [-0.2, 0) is 6.18 Å². The maximum Gasteiger partial charge on any atom is 0.416 e. The average Bonchev–Trinajstić information content (AvgIpc) is 4.15. The van der Waals surface area contributed by atoms with Gasteiger partial charge in [-0.05, 0) is 128 Å². The van der Waals surface area contributed by atoms with Crippen molar-refractivity contribution >= 4 is 43.6 Å². The summed E-state index contributed by atoms with van der Waals surface area (Å²) in [6.07, 6.45) is -4.59. The highest BCUT2D eigenvalue weighted by molar-refractivity contribution is 6.13. The standard InChI is InChI=1S/C59H44F3N15/c1-28-20-42(59(60,61)62)14-19-43(28)41-25-53(76-49-21-37(55-68-29(2)64-30(3)69-55)10-15-44(49)45-16-11-38(22-50(45)76)56-70-31(4)65-32(5)71-56)48(27-63)54(26-41)77-51-23-39(57-72-33(6)66-34(7)73-57)12-17-46(51)47-18-13-40(24-52(47)77)58-74-35(8)67-36(9)75-58/h10-26H,1-9H3. The van der Waals surface area contributed by atoms with Gasteiger partial charge in [0.15, 0.2) is 23.3 Å². The molecule has 376 valence electrons. The molecule has 0 fully saturated rings. The molecule has 77 heavy (non-hydrogen) atoms. The van der Waals surface area contributed by atoms with Gasteiger partial charge in [0.25, 0.3) is 0 Å². The van der Waals surface area contributed by atoms with E-state index >= 15 is 0 Å². The molecule has 12 aromatic rings. The first-order valence-corrected chi connectivity index (χ1v) is 24.6. The second-order valence-corrected chi connectivity index (χ2v) is 19.1. The van der Waals surface area contributed by atoms with Gasteiger partial charge in [-0.25, -0.2) is 59.8 Å². The Bertz CT molecular complexity index is 3990. The van der Waals surface area contributed by atoms with E-state index in [9.17, 15) is 18.4 Å². The summed E-state index contributed by atoms with van der Waals surface area (Å²) in [5.74, 6) is 6.26. The molecule has 0 saturated heterocycles. The Morgan fingerprint density at radius 1 is 0.364 bits per heavy atom. The second kappa shape index (κ2) is 18.0. The topological polar surface area (TPSA) is 188 Å². The molecule has 0 aliphatic rings. The number of aryl methyl sites for hydroxylation is 9. The minimum Gasteiger partial charge on any atom is -0.308 e. The summed E-state index contributed by atoms with van der Waals surface area (Å²) in [5.41, 5.74) is 7.38. The number of hydrogen-bond donors (Lipinski definition) is 0. The number of hydrogen-bond acceptors (Lipinski definition) is 13. The van der Waals surface area contributed by atoms with Crippen LogP contribution in [-0.4, -0.2) is 68.9 Å². The smallest absolute Gasteiger partial charge is 0.308 e. The fourth-order valence-corrected chi connectivity index (χ4v) is 10.5. The number of nitrogens with zero attached hydrogens (tertiary/aromatic N) is 15. The summed E-state index contributed by atoms with van der Waals surface area (Å²) in [6, 6.07) is 34.0. The van der Waals surface area contributed by atoms with Gasteiger partial charge in [-0.3, -0.25) is 0 Å². The van der Waals surface area contributed by atoms with Crippen LogP contribution in [0.4, 0.5) is 13.2 Å². The largest absolute Gasteiger partial charge is 0.416 e. The zero-order valence-corrected chi connectivity index (χ0v) is 43.2. The van der Waals surface area contributed by atoms with E-state index in [1.165, 1.54) is 6.07 Å². The van der Waals surface area contributed by atoms with Gasteiger partial charge in [0.2, 0.25) is 0 Å². The Hall–Kier alpha value is -9.76. The van der Waals surface area contributed by atoms with Crippen molar-refractivity contribution in [2.75, 3.05) is 0 Å². The van der Waals surface area contributed by atoms with E-state index in [2.05, 4.69) is 26.0 Å². The SMILES string of the molecule is Cc1nc(C)nc(-c2ccc3c4ccc(-c5nc(C)nc(C)n5)cc4n(-c4cc(-c5ccc(C(F)(F)F)cc5C)cc(-n5c6cc(-c7nc(C)nc(C)n7)ccc6c6ccc(-c7nc(C)nc(C)n7)cc65)c4C#N)c3c2)n1. The number of halogens is 3. The van der Waals surface area contributed by atoms with Crippen molar-refractivity contribution in [2.45, 2.75) is 68.5 Å². The maximum atomic E-state index is 14.4. The van der Waals surface area contributed by atoms with E-state index in [0.29, 0.717) is 142 Å². The summed E-state index contributed by atoms with van der Waals surface area (Å²) in [4.78, 5) is 55.6. The summed E-state index contributed by atoms with van der Waals surface area (Å²) >= 11 is 0. The fraction of sp³-hybridized carbons (Fsp3) is 0.169. The summed E-state index contributed by atoms with van der Waals surface area (Å²) in [5, 5.41) is 15.4. The molecule has 0 spiro atoms. The van der Waals surface area contributed by atoms with Crippen LogP contribution in [0, 0.1) is 73.6 Å². The lowest BCUT2D eigenvalue weighted by molar-refractivity contribution is -0.137. The number of alkyl halides is 3. The predicted molar refractivity (Wildman–Crippen MR) is 288 cm³/mol. The Balaban J connectivity index is 1.25. The Labute approximate surface area is 438 Å². The first-order chi connectivity index (χ1) is 36.9. The summed E-state index contributed by atoms with van der Waals surface area (Å²) < 4.78 is 47.3. The third-order valence-corrected chi connectivity index (χ3v) is 13.6. The molecule has 0 aliphatic heterocycles. The number of rotatable bonds is 7. The Kier molecular flexibility index (Phi) is 11.3. The van der Waals surface area contributed by atoms with Crippen LogP contribution in [0.2, 0.25) is 0 Å². The zero-order valence-electron chi connectivity index (χ0n) is 43.2. The third kappa shape index (κ3) is 8.51. The van der Waals surface area contributed by atoms with E-state index in [4.69, 9.17) is 39.9 Å². The third-order valence-electron chi connectivity index (χ3n) is 13.6. The molecule has 6 heterocycles. The van der Waals surface area contributed by atoms with Crippen molar-refractivity contribution in [1.29, 1.82) is 5.26 Å². The van der Waals surface area contributed by atoms with E-state index in [-0.39, 0.29) is 5.56 Å². The molecule has 15 nitrogen and oxygen atoms in total. The minimum absolute atomic E-state index is 0.250. The molecular formula is C59H44F3N15. The Morgan fingerprint density at radius 2 is 0.662 bits per heavy atom. The first kappa shape index (κ1) is 48.2. The van der Waals surface area contributed by atoms with Gasteiger partial charge in [0.1, 0.15) is 58.2 Å². The molecule has 0 amide bonds. The van der Waals surface area contributed by atoms with Crippen LogP contribution in [0.1, 0.15) is 63.3 Å². The second-order valence-electron chi connectivity index (χ2n) is 19.1. The summed E-state index contributed by atoms with van der Waals surface area (Å²) in [6.45, 7) is 16.2. The number of fused-ring (bicyclic) bond motifs is 6. The Morgan fingerprint density at radius 3 is 0.922 bits per heavy atom. The van der Waals surface area contributed by atoms with Gasteiger partial charge < -0.3 is 9.13 Å². The molecule has 18 heteroatoms. The first-order valence-electron chi connectivity index (χ1n) is 24.6. The number of nitriles is 1. The van der Waals surface area contributed by atoms with Crippen LogP contribution in [0.25, 0.3) is 112 Å². The molecule has 6 aromatic carbocycles. The zero-order chi connectivity index (χ0) is 53.8. The quantitative estimate of drug-likeness (QED) is 0.147. The molecule has 0 aliphatic carbocycles. The van der Waals surface area contributed by atoms with Crippen molar-refractivity contribution in [3.05, 3.63) is 166 Å². The van der Waals surface area contributed by atoms with Crippen molar-refractivity contribution in [1.82, 2.24) is 68.9 Å². The number of benzene rings is 6. The molecule has 0 atom stereocenters. The van der Waals surface area contributed by atoms with Gasteiger partial charge in [0.05, 0.1) is 39.0 Å². The van der Waals surface area contributed by atoms with Gasteiger partial charge >= 0.3 is 6.18 Å². The lowest BCUT2D eigenvalue weighted by Gasteiger charge is -2.20. The maximum absolute atomic E-state index is 14.4. The van der Waals surface area contributed by atoms with Crippen LogP contribution in [0.3, 0.4) is 0 Å². The molecule has 0 N–H and O–H groups in total. The van der Waals surface area contributed by atoms with Gasteiger partial charge in [0, 0.05) is 43.8 Å². The summed E-state index contributed by atoms with van der Waals surface area (Å²) in [7, 11) is 0. The normalized spacial score (nSPS) is 11.9. The van der Waals surface area contributed by atoms with E-state index in [0.717, 1.165) is 33.7 Å². The molecule has 0 unspecified atom stereocenters. The van der Waals surface area contributed by atoms with Crippen LogP contribution >= 0.6 is 0 Å². The molecule has 12 rings (SSSR count).